The van der Waals surface area contributed by atoms with Gasteiger partial charge in [0.2, 0.25) is 0 Å². The first-order valence-corrected chi connectivity index (χ1v) is 11.0. The Hall–Kier alpha value is -3.67. The van der Waals surface area contributed by atoms with Crippen LogP contribution in [0, 0.1) is 0 Å². The molecule has 32 heavy (non-hydrogen) atoms. The van der Waals surface area contributed by atoms with Gasteiger partial charge >= 0.3 is 0 Å². The van der Waals surface area contributed by atoms with E-state index in [-0.39, 0.29) is 17.9 Å². The van der Waals surface area contributed by atoms with Crippen molar-refractivity contribution in [2.45, 2.75) is 25.3 Å². The maximum atomic E-state index is 13.3. The molecular formula is C26H28N4O2. The van der Waals surface area contributed by atoms with Gasteiger partial charge in [0.15, 0.2) is 0 Å². The molecule has 1 aliphatic heterocycles. The van der Waals surface area contributed by atoms with Crippen LogP contribution in [0.25, 0.3) is 0 Å². The molecule has 0 saturated heterocycles. The van der Waals surface area contributed by atoms with Crippen molar-refractivity contribution in [2.24, 2.45) is 0 Å². The molecule has 2 aromatic carbocycles. The van der Waals surface area contributed by atoms with Gasteiger partial charge in [-0.05, 0) is 60.7 Å². The highest BCUT2D eigenvalue weighted by molar-refractivity contribution is 5.95. The van der Waals surface area contributed by atoms with Gasteiger partial charge < -0.3 is 15.5 Å². The van der Waals surface area contributed by atoms with E-state index in [1.54, 1.807) is 24.4 Å². The SMILES string of the molecule is CN(C(=O)c1ccc2c(c1)CCN2)C(CCNC(=O)c1ccccn1)Cc1ccccc1. The lowest BCUT2D eigenvalue weighted by Gasteiger charge is -2.29. The summed E-state index contributed by atoms with van der Waals surface area (Å²) in [5.74, 6) is -0.208. The second-order valence-electron chi connectivity index (χ2n) is 8.07. The van der Waals surface area contributed by atoms with Crippen LogP contribution >= 0.6 is 0 Å². The molecule has 6 heteroatoms. The van der Waals surface area contributed by atoms with E-state index >= 15 is 0 Å². The lowest BCUT2D eigenvalue weighted by Crippen LogP contribution is -2.41. The number of amides is 2. The van der Waals surface area contributed by atoms with Crippen LogP contribution in [0.4, 0.5) is 5.69 Å². The van der Waals surface area contributed by atoms with E-state index in [4.69, 9.17) is 0 Å². The predicted molar refractivity (Wildman–Crippen MR) is 126 cm³/mol. The molecule has 1 aliphatic rings. The van der Waals surface area contributed by atoms with Crippen molar-refractivity contribution in [3.05, 3.63) is 95.3 Å². The third kappa shape index (κ3) is 5.14. The van der Waals surface area contributed by atoms with Gasteiger partial charge in [0.25, 0.3) is 11.8 Å². The fourth-order valence-corrected chi connectivity index (χ4v) is 4.07. The van der Waals surface area contributed by atoms with E-state index in [9.17, 15) is 9.59 Å². The number of carbonyl (C=O) groups is 2. The fourth-order valence-electron chi connectivity index (χ4n) is 4.07. The molecule has 2 N–H and O–H groups in total. The maximum absolute atomic E-state index is 13.3. The van der Waals surface area contributed by atoms with Crippen molar-refractivity contribution in [3.63, 3.8) is 0 Å². The lowest BCUT2D eigenvalue weighted by atomic mass is 10.0. The van der Waals surface area contributed by atoms with Crippen LogP contribution in [-0.4, -0.2) is 47.9 Å². The summed E-state index contributed by atoms with van der Waals surface area (Å²) in [4.78, 5) is 31.6. The molecule has 2 amide bonds. The topological polar surface area (TPSA) is 74.3 Å². The highest BCUT2D eigenvalue weighted by atomic mass is 16.2. The van der Waals surface area contributed by atoms with Gasteiger partial charge in [-0.1, -0.05) is 36.4 Å². The van der Waals surface area contributed by atoms with Crippen LogP contribution in [0.2, 0.25) is 0 Å². The maximum Gasteiger partial charge on any atom is 0.269 e. The number of aromatic nitrogens is 1. The standard InChI is InChI=1S/C26H28N4O2/c1-30(26(32)21-10-11-23-20(18-21)12-15-28-23)22(17-19-7-3-2-4-8-19)13-16-29-25(31)24-9-5-6-14-27-24/h2-11,14,18,22,28H,12-13,15-17H2,1H3,(H,29,31). The molecule has 4 rings (SSSR count). The molecule has 0 fully saturated rings. The lowest BCUT2D eigenvalue weighted by molar-refractivity contribution is 0.0722. The largest absolute Gasteiger partial charge is 0.384 e. The zero-order valence-corrected chi connectivity index (χ0v) is 18.3. The van der Waals surface area contributed by atoms with Crippen molar-refractivity contribution in [2.75, 3.05) is 25.5 Å². The van der Waals surface area contributed by atoms with Gasteiger partial charge in [-0.2, -0.15) is 0 Å². The first-order valence-electron chi connectivity index (χ1n) is 11.0. The van der Waals surface area contributed by atoms with E-state index in [2.05, 4.69) is 27.8 Å². The van der Waals surface area contributed by atoms with Crippen LogP contribution in [0.1, 0.15) is 38.4 Å². The molecule has 164 valence electrons. The van der Waals surface area contributed by atoms with Crippen LogP contribution < -0.4 is 10.6 Å². The molecule has 1 unspecified atom stereocenters. The molecule has 0 saturated carbocycles. The number of hydrogen-bond acceptors (Lipinski definition) is 4. The van der Waals surface area contributed by atoms with E-state index in [1.165, 1.54) is 5.56 Å². The van der Waals surface area contributed by atoms with Crippen molar-refractivity contribution in [1.82, 2.24) is 15.2 Å². The summed E-state index contributed by atoms with van der Waals surface area (Å²) in [5, 5.41) is 6.27. The monoisotopic (exact) mass is 428 g/mol. The summed E-state index contributed by atoms with van der Waals surface area (Å²) in [6.07, 6.45) is 3.90. The smallest absolute Gasteiger partial charge is 0.269 e. The molecule has 0 aliphatic carbocycles. The minimum absolute atomic E-state index is 0.00307. The number of pyridine rings is 1. The highest BCUT2D eigenvalue weighted by Gasteiger charge is 2.23. The zero-order chi connectivity index (χ0) is 22.3. The minimum Gasteiger partial charge on any atom is -0.384 e. The molecule has 2 heterocycles. The number of rotatable bonds is 8. The Balaban J connectivity index is 1.45. The van der Waals surface area contributed by atoms with E-state index in [1.807, 2.05) is 48.3 Å². The van der Waals surface area contributed by atoms with E-state index in [0.29, 0.717) is 24.2 Å². The van der Waals surface area contributed by atoms with Crippen LogP contribution in [0.15, 0.2) is 72.9 Å². The fraction of sp³-hybridized carbons (Fsp3) is 0.269. The van der Waals surface area contributed by atoms with E-state index in [0.717, 1.165) is 30.6 Å². The average Bonchev–Trinajstić information content (AvgIpc) is 3.31. The summed E-state index contributed by atoms with van der Waals surface area (Å²) in [5.41, 5.74) is 4.55. The van der Waals surface area contributed by atoms with Gasteiger partial charge in [0, 0.05) is 43.6 Å². The van der Waals surface area contributed by atoms with Crippen molar-refractivity contribution < 1.29 is 9.59 Å². The Bertz CT molecular complexity index is 1070. The number of benzene rings is 2. The minimum atomic E-state index is -0.204. The van der Waals surface area contributed by atoms with Crippen molar-refractivity contribution in [3.8, 4) is 0 Å². The number of anilines is 1. The quantitative estimate of drug-likeness (QED) is 0.575. The number of fused-ring (bicyclic) bond motifs is 1. The van der Waals surface area contributed by atoms with Crippen LogP contribution in [0.3, 0.4) is 0 Å². The molecule has 1 aromatic heterocycles. The molecule has 0 bridgehead atoms. The Morgan fingerprint density at radius 1 is 1.09 bits per heavy atom. The Morgan fingerprint density at radius 2 is 1.91 bits per heavy atom. The Kier molecular flexibility index (Phi) is 6.80. The third-order valence-corrected chi connectivity index (χ3v) is 5.90. The molecule has 1 atom stereocenters. The molecule has 0 radical (unpaired) electrons. The summed E-state index contributed by atoms with van der Waals surface area (Å²) in [7, 11) is 1.85. The van der Waals surface area contributed by atoms with Crippen molar-refractivity contribution in [1.29, 1.82) is 0 Å². The average molecular weight is 429 g/mol. The third-order valence-electron chi connectivity index (χ3n) is 5.90. The number of hydrogen-bond donors (Lipinski definition) is 2. The molecular weight excluding hydrogens is 400 g/mol. The summed E-state index contributed by atoms with van der Waals surface area (Å²) < 4.78 is 0. The first-order chi connectivity index (χ1) is 15.6. The summed E-state index contributed by atoms with van der Waals surface area (Å²) in [6, 6.07) is 21.2. The number of nitrogens with zero attached hydrogens (tertiary/aromatic N) is 2. The highest BCUT2D eigenvalue weighted by Crippen LogP contribution is 2.24. The Morgan fingerprint density at radius 3 is 2.69 bits per heavy atom. The van der Waals surface area contributed by atoms with Crippen LogP contribution in [0.5, 0.6) is 0 Å². The summed E-state index contributed by atoms with van der Waals surface area (Å²) >= 11 is 0. The van der Waals surface area contributed by atoms with Gasteiger partial charge in [-0.3, -0.25) is 14.6 Å². The number of carbonyl (C=O) groups excluding carboxylic acids is 2. The van der Waals surface area contributed by atoms with Crippen molar-refractivity contribution >= 4 is 17.5 Å². The van der Waals surface area contributed by atoms with Gasteiger partial charge in [-0.25, -0.2) is 0 Å². The zero-order valence-electron chi connectivity index (χ0n) is 18.3. The van der Waals surface area contributed by atoms with Gasteiger partial charge in [-0.15, -0.1) is 0 Å². The number of likely N-dealkylation sites (N-methyl/N-ethyl adjacent to an activating group) is 1. The Labute approximate surface area is 188 Å². The second kappa shape index (κ2) is 10.1. The van der Waals surface area contributed by atoms with E-state index < -0.39 is 0 Å². The summed E-state index contributed by atoms with van der Waals surface area (Å²) in [6.45, 7) is 1.37. The predicted octanol–water partition coefficient (Wildman–Crippen LogP) is 3.55. The second-order valence-corrected chi connectivity index (χ2v) is 8.07. The van der Waals surface area contributed by atoms with Gasteiger partial charge in [0.05, 0.1) is 0 Å². The normalized spacial score (nSPS) is 13.0. The molecule has 0 spiro atoms. The number of nitrogens with one attached hydrogen (secondary N) is 2. The van der Waals surface area contributed by atoms with Gasteiger partial charge in [0.1, 0.15) is 5.69 Å². The molecule has 3 aromatic rings. The first kappa shape index (κ1) is 21.6. The molecule has 6 nitrogen and oxygen atoms in total. The van der Waals surface area contributed by atoms with Crippen LogP contribution in [-0.2, 0) is 12.8 Å².